The molecule has 1 aliphatic heterocycles. The molecule has 3 N–H and O–H groups in total. The van der Waals surface area contributed by atoms with Crippen molar-refractivity contribution in [1.29, 1.82) is 0 Å². The number of thiocarbonyl (C=S) groups is 1. The van der Waals surface area contributed by atoms with Crippen molar-refractivity contribution in [2.75, 3.05) is 26.2 Å². The van der Waals surface area contributed by atoms with Gasteiger partial charge in [-0.05, 0) is 26.7 Å². The molecule has 1 aliphatic rings. The van der Waals surface area contributed by atoms with Crippen molar-refractivity contribution in [3.05, 3.63) is 0 Å². The van der Waals surface area contributed by atoms with Gasteiger partial charge in [0.1, 0.15) is 6.61 Å². The lowest BCUT2D eigenvalue weighted by molar-refractivity contribution is -0.128. The Balaban J connectivity index is 2.18. The largest absolute Gasteiger partial charge is 0.392 e. The lowest BCUT2D eigenvalue weighted by atomic mass is 10.1. The van der Waals surface area contributed by atoms with Gasteiger partial charge in [-0.15, -0.1) is 0 Å². The highest BCUT2D eigenvalue weighted by Crippen LogP contribution is 2.09. The zero-order valence-electron chi connectivity index (χ0n) is 11.1. The maximum absolute atomic E-state index is 11.6. The molecule has 0 radical (unpaired) electrons. The maximum atomic E-state index is 11.6. The second-order valence-corrected chi connectivity index (χ2v) is 5.47. The van der Waals surface area contributed by atoms with Crippen LogP contribution >= 0.6 is 12.2 Å². The highest BCUT2D eigenvalue weighted by atomic mass is 32.1. The summed E-state index contributed by atoms with van der Waals surface area (Å²) in [6.45, 7) is 6.50. The van der Waals surface area contributed by atoms with Crippen LogP contribution in [-0.2, 0) is 9.53 Å². The van der Waals surface area contributed by atoms with Gasteiger partial charge in [-0.1, -0.05) is 12.2 Å². The Kier molecular flexibility index (Phi) is 6.52. The van der Waals surface area contributed by atoms with Gasteiger partial charge in [0.05, 0.1) is 11.1 Å². The van der Waals surface area contributed by atoms with Gasteiger partial charge in [-0.25, -0.2) is 0 Å². The third-order valence-corrected chi connectivity index (χ3v) is 3.01. The Morgan fingerprint density at radius 3 is 2.61 bits per heavy atom. The Bertz CT molecular complexity index is 289. The molecular formula is C12H23N3O2S. The van der Waals surface area contributed by atoms with Crippen LogP contribution in [0.25, 0.3) is 0 Å². The zero-order chi connectivity index (χ0) is 13.5. The lowest BCUT2D eigenvalue weighted by Crippen LogP contribution is -2.47. The summed E-state index contributed by atoms with van der Waals surface area (Å²) in [7, 11) is 0. The van der Waals surface area contributed by atoms with Crippen LogP contribution in [0, 0.1) is 0 Å². The van der Waals surface area contributed by atoms with E-state index in [4.69, 9.17) is 22.7 Å². The number of nitrogens with one attached hydrogen (secondary N) is 1. The Morgan fingerprint density at radius 2 is 2.11 bits per heavy atom. The predicted octanol–water partition coefficient (Wildman–Crippen LogP) is 0.278. The Morgan fingerprint density at radius 1 is 1.50 bits per heavy atom. The summed E-state index contributed by atoms with van der Waals surface area (Å²) in [5.41, 5.74) is 5.51. The maximum Gasteiger partial charge on any atom is 0.246 e. The highest BCUT2D eigenvalue weighted by Gasteiger charge is 2.20. The number of nitrogens with two attached hydrogens (primary N) is 1. The summed E-state index contributed by atoms with van der Waals surface area (Å²) in [6.07, 6.45) is 1.97. The van der Waals surface area contributed by atoms with E-state index in [0.717, 1.165) is 25.9 Å². The third-order valence-electron chi connectivity index (χ3n) is 2.88. The average Bonchev–Trinajstić information content (AvgIpc) is 2.28. The van der Waals surface area contributed by atoms with Crippen LogP contribution < -0.4 is 11.1 Å². The topological polar surface area (TPSA) is 67.6 Å². The van der Waals surface area contributed by atoms with Crippen LogP contribution in [0.15, 0.2) is 0 Å². The van der Waals surface area contributed by atoms with Crippen molar-refractivity contribution in [2.45, 2.75) is 38.8 Å². The van der Waals surface area contributed by atoms with Crippen molar-refractivity contribution in [3.8, 4) is 0 Å². The summed E-state index contributed by atoms with van der Waals surface area (Å²) in [6, 6.07) is 0.246. The number of nitrogens with zero attached hydrogens (tertiary/aromatic N) is 1. The van der Waals surface area contributed by atoms with Gasteiger partial charge in [0.25, 0.3) is 0 Å². The number of hydrogen-bond acceptors (Lipinski definition) is 4. The van der Waals surface area contributed by atoms with Gasteiger partial charge < -0.3 is 15.8 Å². The average molecular weight is 273 g/mol. The second kappa shape index (κ2) is 7.66. The van der Waals surface area contributed by atoms with Crippen molar-refractivity contribution in [2.24, 2.45) is 5.73 Å². The van der Waals surface area contributed by atoms with Crippen LogP contribution in [0.1, 0.15) is 26.7 Å². The zero-order valence-corrected chi connectivity index (χ0v) is 12.0. The van der Waals surface area contributed by atoms with Gasteiger partial charge in [-0.3, -0.25) is 9.69 Å². The molecule has 1 amide bonds. The number of amides is 1. The first-order chi connectivity index (χ1) is 8.47. The van der Waals surface area contributed by atoms with Crippen LogP contribution in [0.3, 0.4) is 0 Å². The number of hydrogen-bond donors (Lipinski definition) is 2. The van der Waals surface area contributed by atoms with E-state index >= 15 is 0 Å². The lowest BCUT2D eigenvalue weighted by Gasteiger charge is -2.31. The molecule has 1 fully saturated rings. The minimum atomic E-state index is -0.0310. The summed E-state index contributed by atoms with van der Waals surface area (Å²) in [5, 5.41) is 2.99. The molecule has 0 aromatic carbocycles. The standard InChI is InChI=1S/C12H23N3O2S/c1-9(2)17-8-12(16)14-10-3-5-15(6-4-10)7-11(13)18/h9-10H,3-8H2,1-2H3,(H2,13,18)(H,14,16). The number of likely N-dealkylation sites (tertiary alicyclic amines) is 1. The Hall–Kier alpha value is -0.720. The smallest absolute Gasteiger partial charge is 0.246 e. The van der Waals surface area contributed by atoms with E-state index in [2.05, 4.69) is 10.2 Å². The van der Waals surface area contributed by atoms with E-state index in [0.29, 0.717) is 11.5 Å². The molecule has 0 bridgehead atoms. The fourth-order valence-electron chi connectivity index (χ4n) is 1.97. The molecule has 1 rings (SSSR count). The molecule has 0 aliphatic carbocycles. The second-order valence-electron chi connectivity index (χ2n) is 4.94. The Labute approximate surface area is 114 Å². The normalized spacial score (nSPS) is 17.9. The first-order valence-electron chi connectivity index (χ1n) is 6.39. The van der Waals surface area contributed by atoms with Crippen LogP contribution in [-0.4, -0.2) is 54.2 Å². The molecular weight excluding hydrogens is 250 g/mol. The van der Waals surface area contributed by atoms with Crippen molar-refractivity contribution in [3.63, 3.8) is 0 Å². The van der Waals surface area contributed by atoms with Gasteiger partial charge in [0, 0.05) is 25.7 Å². The van der Waals surface area contributed by atoms with Crippen molar-refractivity contribution in [1.82, 2.24) is 10.2 Å². The number of carbonyl (C=O) groups is 1. The van der Waals surface area contributed by atoms with Crippen LogP contribution in [0.2, 0.25) is 0 Å². The number of piperidine rings is 1. The fraction of sp³-hybridized carbons (Fsp3) is 0.833. The summed E-state index contributed by atoms with van der Waals surface area (Å²) in [5.74, 6) is -0.0310. The molecule has 18 heavy (non-hydrogen) atoms. The van der Waals surface area contributed by atoms with E-state index in [1.165, 1.54) is 0 Å². The van der Waals surface area contributed by atoms with Gasteiger partial charge in [0.15, 0.2) is 0 Å². The first kappa shape index (κ1) is 15.3. The minimum Gasteiger partial charge on any atom is -0.392 e. The third kappa shape index (κ3) is 6.28. The van der Waals surface area contributed by atoms with E-state index in [1.807, 2.05) is 13.8 Å². The van der Waals surface area contributed by atoms with E-state index in [9.17, 15) is 4.79 Å². The molecule has 1 saturated heterocycles. The van der Waals surface area contributed by atoms with Gasteiger partial charge >= 0.3 is 0 Å². The van der Waals surface area contributed by atoms with Gasteiger partial charge in [0.2, 0.25) is 5.91 Å². The highest BCUT2D eigenvalue weighted by molar-refractivity contribution is 7.80. The summed E-state index contributed by atoms with van der Waals surface area (Å²) in [4.78, 5) is 14.3. The molecule has 1 heterocycles. The minimum absolute atomic E-state index is 0.0310. The van der Waals surface area contributed by atoms with Crippen molar-refractivity contribution >= 4 is 23.1 Å². The molecule has 0 spiro atoms. The number of ether oxygens (including phenoxy) is 1. The van der Waals surface area contributed by atoms with Crippen LogP contribution in [0.5, 0.6) is 0 Å². The molecule has 0 saturated carbocycles. The molecule has 5 nitrogen and oxygen atoms in total. The molecule has 0 atom stereocenters. The van der Waals surface area contributed by atoms with E-state index in [1.54, 1.807) is 0 Å². The first-order valence-corrected chi connectivity index (χ1v) is 6.80. The van der Waals surface area contributed by atoms with Gasteiger partial charge in [-0.2, -0.15) is 0 Å². The molecule has 0 aromatic rings. The molecule has 104 valence electrons. The quantitative estimate of drug-likeness (QED) is 0.680. The SMILES string of the molecule is CC(C)OCC(=O)NC1CCN(CC(N)=S)CC1. The monoisotopic (exact) mass is 273 g/mol. The van der Waals surface area contributed by atoms with E-state index in [-0.39, 0.29) is 24.7 Å². The molecule has 6 heteroatoms. The number of carbonyl (C=O) groups excluding carboxylic acids is 1. The fourth-order valence-corrected chi connectivity index (χ4v) is 2.15. The molecule has 0 aromatic heterocycles. The van der Waals surface area contributed by atoms with Crippen molar-refractivity contribution < 1.29 is 9.53 Å². The van der Waals surface area contributed by atoms with E-state index < -0.39 is 0 Å². The predicted molar refractivity (Wildman–Crippen MR) is 75.5 cm³/mol. The number of rotatable bonds is 6. The molecule has 0 unspecified atom stereocenters. The summed E-state index contributed by atoms with van der Waals surface area (Å²) < 4.78 is 5.26. The van der Waals surface area contributed by atoms with Crippen LogP contribution in [0.4, 0.5) is 0 Å². The summed E-state index contributed by atoms with van der Waals surface area (Å²) >= 11 is 4.88.